The second-order valence-electron chi connectivity index (χ2n) is 4.26. The van der Waals surface area contributed by atoms with Crippen molar-refractivity contribution >= 4 is 35.1 Å². The van der Waals surface area contributed by atoms with Crippen LogP contribution in [-0.2, 0) is 16.5 Å². The largest absolute Gasteiger partial charge is 0.386 e. The summed E-state index contributed by atoms with van der Waals surface area (Å²) in [5.41, 5.74) is 1.79. The summed E-state index contributed by atoms with van der Waals surface area (Å²) in [4.78, 5) is 24.1. The summed E-state index contributed by atoms with van der Waals surface area (Å²) in [5, 5.41) is 0. The highest BCUT2D eigenvalue weighted by molar-refractivity contribution is 6.18. The van der Waals surface area contributed by atoms with Crippen molar-refractivity contribution in [2.75, 3.05) is 0 Å². The monoisotopic (exact) mass is 322 g/mol. The van der Waals surface area contributed by atoms with E-state index in [2.05, 4.69) is 0 Å². The highest BCUT2D eigenvalue weighted by atomic mass is 35.5. The average Bonchev–Trinajstić information content (AvgIpc) is 2.54. The third-order valence-electron chi connectivity index (χ3n) is 2.95. The molecule has 0 spiro atoms. The van der Waals surface area contributed by atoms with Crippen LogP contribution in [0.3, 0.4) is 0 Å². The summed E-state index contributed by atoms with van der Waals surface area (Å²) >= 11 is 11.5. The number of ether oxygens (including phenoxy) is 1. The molecule has 0 atom stereocenters. The number of rotatable bonds is 4. The van der Waals surface area contributed by atoms with E-state index in [1.807, 2.05) is 0 Å². The molecule has 0 aromatic heterocycles. The van der Waals surface area contributed by atoms with Gasteiger partial charge in [-0.1, -0.05) is 36.4 Å². The molecule has 0 heterocycles. The summed E-state index contributed by atoms with van der Waals surface area (Å²) in [6.07, 6.45) is 0. The van der Waals surface area contributed by atoms with Gasteiger partial charge in [0.25, 0.3) is 0 Å². The van der Waals surface area contributed by atoms with E-state index in [-0.39, 0.29) is 22.9 Å². The first-order valence-corrected chi connectivity index (χ1v) is 7.28. The molecule has 0 radical (unpaired) electrons. The standard InChI is InChI=1S/C16H12Cl2O3/c17-9-11-5-1-3-7-13(11)15(19)21-16(20)14-8-4-2-6-12(14)10-18/h1-8H,9-10H2. The van der Waals surface area contributed by atoms with Crippen LogP contribution in [0.4, 0.5) is 0 Å². The van der Waals surface area contributed by atoms with Gasteiger partial charge in [0.05, 0.1) is 11.1 Å². The minimum absolute atomic E-state index is 0.164. The predicted octanol–water partition coefficient (Wildman–Crippen LogP) is 4.16. The lowest BCUT2D eigenvalue weighted by Gasteiger charge is -2.08. The molecule has 0 fully saturated rings. The number of carbonyl (C=O) groups is 2. The van der Waals surface area contributed by atoms with Gasteiger partial charge in [-0.15, -0.1) is 23.2 Å². The Balaban J connectivity index is 2.21. The second-order valence-corrected chi connectivity index (χ2v) is 4.79. The van der Waals surface area contributed by atoms with E-state index >= 15 is 0 Å². The molecule has 2 rings (SSSR count). The van der Waals surface area contributed by atoms with Crippen molar-refractivity contribution in [1.82, 2.24) is 0 Å². The minimum Gasteiger partial charge on any atom is -0.386 e. The Hall–Kier alpha value is -1.84. The highest BCUT2D eigenvalue weighted by Gasteiger charge is 2.19. The van der Waals surface area contributed by atoms with Gasteiger partial charge in [-0.05, 0) is 23.3 Å². The normalized spacial score (nSPS) is 10.2. The number of hydrogen-bond donors (Lipinski definition) is 0. The molecule has 0 aliphatic carbocycles. The number of hydrogen-bond acceptors (Lipinski definition) is 3. The zero-order valence-electron chi connectivity index (χ0n) is 11.0. The van der Waals surface area contributed by atoms with Crippen molar-refractivity contribution in [3.05, 3.63) is 70.8 Å². The Bertz CT molecular complexity index is 611. The quantitative estimate of drug-likeness (QED) is 0.482. The zero-order valence-corrected chi connectivity index (χ0v) is 12.5. The summed E-state index contributed by atoms with van der Waals surface area (Å²) in [5.74, 6) is -1.11. The molecule has 108 valence electrons. The predicted molar refractivity (Wildman–Crippen MR) is 81.7 cm³/mol. The smallest absolute Gasteiger partial charge is 0.346 e. The molecule has 0 amide bonds. The Morgan fingerprint density at radius 1 is 0.762 bits per heavy atom. The maximum absolute atomic E-state index is 12.1. The van der Waals surface area contributed by atoms with Crippen molar-refractivity contribution in [1.29, 1.82) is 0 Å². The van der Waals surface area contributed by atoms with Crippen LogP contribution in [0.15, 0.2) is 48.5 Å². The number of halogens is 2. The van der Waals surface area contributed by atoms with Gasteiger partial charge in [-0.25, -0.2) is 9.59 Å². The van der Waals surface area contributed by atoms with E-state index in [0.717, 1.165) is 0 Å². The molecule has 0 bridgehead atoms. The molecule has 0 saturated carbocycles. The van der Waals surface area contributed by atoms with Crippen LogP contribution in [0.2, 0.25) is 0 Å². The molecule has 21 heavy (non-hydrogen) atoms. The van der Waals surface area contributed by atoms with E-state index < -0.39 is 11.9 Å². The van der Waals surface area contributed by atoms with E-state index in [1.54, 1.807) is 48.5 Å². The summed E-state index contributed by atoms with van der Waals surface area (Å²) in [6, 6.07) is 13.5. The fourth-order valence-electron chi connectivity index (χ4n) is 1.87. The first-order chi connectivity index (χ1) is 10.2. The lowest BCUT2D eigenvalue weighted by Crippen LogP contribution is -2.15. The maximum Gasteiger partial charge on any atom is 0.346 e. The number of benzene rings is 2. The van der Waals surface area contributed by atoms with Crippen molar-refractivity contribution in [3.8, 4) is 0 Å². The topological polar surface area (TPSA) is 43.4 Å². The number of carbonyl (C=O) groups excluding carboxylic acids is 2. The Morgan fingerprint density at radius 2 is 1.14 bits per heavy atom. The Labute approximate surface area is 132 Å². The summed E-state index contributed by atoms with van der Waals surface area (Å²) < 4.78 is 4.91. The molecule has 0 aliphatic heterocycles. The maximum atomic E-state index is 12.1. The molecular weight excluding hydrogens is 311 g/mol. The van der Waals surface area contributed by atoms with Gasteiger partial charge in [0, 0.05) is 11.8 Å². The molecule has 0 unspecified atom stereocenters. The molecule has 2 aromatic rings. The van der Waals surface area contributed by atoms with Gasteiger partial charge in [0.1, 0.15) is 0 Å². The van der Waals surface area contributed by atoms with Crippen LogP contribution in [0.5, 0.6) is 0 Å². The fourth-order valence-corrected chi connectivity index (χ4v) is 2.33. The molecule has 0 N–H and O–H groups in total. The number of esters is 2. The molecular formula is C16H12Cl2O3. The van der Waals surface area contributed by atoms with Gasteiger partial charge in [0.2, 0.25) is 0 Å². The van der Waals surface area contributed by atoms with Crippen LogP contribution in [0.1, 0.15) is 31.8 Å². The van der Waals surface area contributed by atoms with E-state index in [1.165, 1.54) is 0 Å². The fraction of sp³-hybridized carbons (Fsp3) is 0.125. The van der Waals surface area contributed by atoms with Crippen molar-refractivity contribution in [3.63, 3.8) is 0 Å². The van der Waals surface area contributed by atoms with E-state index in [4.69, 9.17) is 27.9 Å². The molecule has 5 heteroatoms. The highest BCUT2D eigenvalue weighted by Crippen LogP contribution is 2.16. The van der Waals surface area contributed by atoms with Crippen LogP contribution in [0, 0.1) is 0 Å². The van der Waals surface area contributed by atoms with Crippen LogP contribution < -0.4 is 0 Å². The Kier molecular flexibility index (Phi) is 5.37. The first-order valence-electron chi connectivity index (χ1n) is 6.21. The Morgan fingerprint density at radius 3 is 1.52 bits per heavy atom. The second kappa shape index (κ2) is 7.25. The summed E-state index contributed by atoms with van der Waals surface area (Å²) in [6.45, 7) is 0. The summed E-state index contributed by atoms with van der Waals surface area (Å²) in [7, 11) is 0. The van der Waals surface area contributed by atoms with Crippen molar-refractivity contribution in [2.45, 2.75) is 11.8 Å². The minimum atomic E-state index is -0.722. The molecule has 2 aromatic carbocycles. The van der Waals surface area contributed by atoms with Crippen molar-refractivity contribution < 1.29 is 14.3 Å². The van der Waals surface area contributed by atoms with Crippen LogP contribution in [0.25, 0.3) is 0 Å². The molecule has 3 nitrogen and oxygen atoms in total. The van der Waals surface area contributed by atoms with Gasteiger partial charge in [0.15, 0.2) is 0 Å². The number of alkyl halides is 2. The van der Waals surface area contributed by atoms with Gasteiger partial charge < -0.3 is 4.74 Å². The van der Waals surface area contributed by atoms with E-state index in [0.29, 0.717) is 11.1 Å². The zero-order chi connectivity index (χ0) is 15.2. The first kappa shape index (κ1) is 15.5. The lowest BCUT2D eigenvalue weighted by atomic mass is 10.1. The third-order valence-corrected chi connectivity index (χ3v) is 3.52. The third kappa shape index (κ3) is 3.63. The molecule has 0 saturated heterocycles. The van der Waals surface area contributed by atoms with Crippen LogP contribution in [-0.4, -0.2) is 11.9 Å². The van der Waals surface area contributed by atoms with Gasteiger partial charge in [-0.3, -0.25) is 0 Å². The van der Waals surface area contributed by atoms with E-state index in [9.17, 15) is 9.59 Å². The SMILES string of the molecule is O=C(OC(=O)c1ccccc1CCl)c1ccccc1CCl. The van der Waals surface area contributed by atoms with Gasteiger partial charge >= 0.3 is 11.9 Å². The van der Waals surface area contributed by atoms with Gasteiger partial charge in [-0.2, -0.15) is 0 Å². The lowest BCUT2D eigenvalue weighted by molar-refractivity contribution is 0.0397. The van der Waals surface area contributed by atoms with Crippen LogP contribution >= 0.6 is 23.2 Å². The average molecular weight is 323 g/mol. The molecule has 0 aliphatic rings. The van der Waals surface area contributed by atoms with Crippen molar-refractivity contribution in [2.24, 2.45) is 0 Å².